The van der Waals surface area contributed by atoms with Crippen molar-refractivity contribution in [1.82, 2.24) is 4.31 Å². The molecular weight excluding hydrogens is 292 g/mol. The fraction of sp³-hybridized carbons (Fsp3) is 0.364. The summed E-state index contributed by atoms with van der Waals surface area (Å²) in [6, 6.07) is 3.82. The normalized spacial score (nSPS) is 11.6. The zero-order valence-electron chi connectivity index (χ0n) is 10.6. The molecule has 0 atom stereocenters. The Morgan fingerprint density at radius 1 is 1.32 bits per heavy atom. The molecule has 0 spiro atoms. The molecule has 0 unspecified atom stereocenters. The number of hydrogen-bond donors (Lipinski definition) is 2. The SMILES string of the molecule is CCN(CC)S(=O)(=O)Nc1cc(Cl)cc(C(=O)O)c1. The van der Waals surface area contributed by atoms with E-state index in [0.29, 0.717) is 13.1 Å². The van der Waals surface area contributed by atoms with Gasteiger partial charge in [0.15, 0.2) is 0 Å². The average molecular weight is 307 g/mol. The Labute approximate surface area is 117 Å². The third-order valence-electron chi connectivity index (χ3n) is 2.44. The lowest BCUT2D eigenvalue weighted by Crippen LogP contribution is -2.35. The molecule has 1 aromatic carbocycles. The number of anilines is 1. The second-order valence-corrected chi connectivity index (χ2v) is 5.83. The molecule has 0 saturated carbocycles. The van der Waals surface area contributed by atoms with E-state index in [4.69, 9.17) is 16.7 Å². The van der Waals surface area contributed by atoms with E-state index in [0.717, 1.165) is 0 Å². The fourth-order valence-corrected chi connectivity index (χ4v) is 3.01. The minimum absolute atomic E-state index is 0.0789. The van der Waals surface area contributed by atoms with E-state index in [1.165, 1.54) is 22.5 Å². The largest absolute Gasteiger partial charge is 0.478 e. The molecule has 0 radical (unpaired) electrons. The lowest BCUT2D eigenvalue weighted by molar-refractivity contribution is 0.0697. The zero-order valence-corrected chi connectivity index (χ0v) is 12.1. The van der Waals surface area contributed by atoms with Crippen molar-refractivity contribution < 1.29 is 18.3 Å². The number of carboxylic acids is 1. The zero-order chi connectivity index (χ0) is 14.6. The Morgan fingerprint density at radius 3 is 2.37 bits per heavy atom. The Bertz CT molecular complexity index is 570. The summed E-state index contributed by atoms with van der Waals surface area (Å²) in [7, 11) is -3.70. The third-order valence-corrected chi connectivity index (χ3v) is 4.35. The van der Waals surface area contributed by atoms with E-state index in [2.05, 4.69) is 4.72 Å². The Hall–Kier alpha value is -1.31. The molecule has 106 valence electrons. The van der Waals surface area contributed by atoms with Gasteiger partial charge in [-0.3, -0.25) is 4.72 Å². The second kappa shape index (κ2) is 6.23. The van der Waals surface area contributed by atoms with Gasteiger partial charge in [0.2, 0.25) is 0 Å². The Balaban J connectivity index is 3.09. The van der Waals surface area contributed by atoms with E-state index in [1.54, 1.807) is 13.8 Å². The van der Waals surface area contributed by atoms with Crippen LogP contribution in [0.5, 0.6) is 0 Å². The van der Waals surface area contributed by atoms with Crippen molar-refractivity contribution in [3.05, 3.63) is 28.8 Å². The lowest BCUT2D eigenvalue weighted by atomic mass is 10.2. The van der Waals surface area contributed by atoms with E-state index in [-0.39, 0.29) is 16.3 Å². The summed E-state index contributed by atoms with van der Waals surface area (Å²) in [5, 5.41) is 9.04. The highest BCUT2D eigenvalue weighted by Gasteiger charge is 2.19. The third kappa shape index (κ3) is 4.09. The van der Waals surface area contributed by atoms with Gasteiger partial charge in [-0.1, -0.05) is 25.4 Å². The number of carbonyl (C=O) groups is 1. The van der Waals surface area contributed by atoms with Crippen molar-refractivity contribution in [3.63, 3.8) is 0 Å². The molecule has 19 heavy (non-hydrogen) atoms. The van der Waals surface area contributed by atoms with Gasteiger partial charge in [0, 0.05) is 18.1 Å². The van der Waals surface area contributed by atoms with Crippen molar-refractivity contribution in [3.8, 4) is 0 Å². The van der Waals surface area contributed by atoms with Crippen molar-refractivity contribution in [2.75, 3.05) is 17.8 Å². The average Bonchev–Trinajstić information content (AvgIpc) is 2.28. The highest BCUT2D eigenvalue weighted by atomic mass is 35.5. The lowest BCUT2D eigenvalue weighted by Gasteiger charge is -2.19. The number of nitrogens with zero attached hydrogens (tertiary/aromatic N) is 1. The Kier molecular flexibility index (Phi) is 5.16. The number of nitrogens with one attached hydrogen (secondary N) is 1. The molecule has 6 nitrogen and oxygen atoms in total. The highest BCUT2D eigenvalue weighted by molar-refractivity contribution is 7.90. The van der Waals surface area contributed by atoms with Crippen LogP contribution in [0, 0.1) is 0 Å². The van der Waals surface area contributed by atoms with E-state index in [9.17, 15) is 13.2 Å². The van der Waals surface area contributed by atoms with Crippen LogP contribution in [-0.2, 0) is 10.2 Å². The minimum atomic E-state index is -3.70. The topological polar surface area (TPSA) is 86.7 Å². The van der Waals surface area contributed by atoms with Crippen LogP contribution in [0.3, 0.4) is 0 Å². The van der Waals surface area contributed by atoms with E-state index in [1.807, 2.05) is 0 Å². The molecule has 0 saturated heterocycles. The van der Waals surface area contributed by atoms with Gasteiger partial charge in [-0.05, 0) is 18.2 Å². The van der Waals surface area contributed by atoms with Crippen LogP contribution in [-0.4, -0.2) is 36.9 Å². The number of rotatable bonds is 6. The summed E-state index contributed by atoms with van der Waals surface area (Å²) in [6.45, 7) is 4.06. The molecule has 8 heteroatoms. The molecule has 0 aromatic heterocycles. The quantitative estimate of drug-likeness (QED) is 0.842. The van der Waals surface area contributed by atoms with Crippen LogP contribution in [0.15, 0.2) is 18.2 Å². The summed E-state index contributed by atoms with van der Waals surface area (Å²) in [5.41, 5.74) is 0.0431. The van der Waals surface area contributed by atoms with Crippen molar-refractivity contribution in [2.45, 2.75) is 13.8 Å². The molecule has 0 aliphatic rings. The predicted octanol–water partition coefficient (Wildman–Crippen LogP) is 2.04. The van der Waals surface area contributed by atoms with Crippen molar-refractivity contribution in [2.24, 2.45) is 0 Å². The summed E-state index contributed by atoms with van der Waals surface area (Å²) < 4.78 is 27.5. The first-order valence-electron chi connectivity index (χ1n) is 5.62. The molecule has 2 N–H and O–H groups in total. The van der Waals surface area contributed by atoms with Crippen LogP contribution >= 0.6 is 11.6 Å². The van der Waals surface area contributed by atoms with Crippen LogP contribution in [0.2, 0.25) is 5.02 Å². The molecule has 1 rings (SSSR count). The first-order chi connectivity index (χ1) is 8.80. The summed E-state index contributed by atoms with van der Waals surface area (Å²) in [5.74, 6) is -1.18. The summed E-state index contributed by atoms with van der Waals surface area (Å²) >= 11 is 5.76. The van der Waals surface area contributed by atoms with Crippen LogP contribution in [0.25, 0.3) is 0 Å². The smallest absolute Gasteiger partial charge is 0.335 e. The highest BCUT2D eigenvalue weighted by Crippen LogP contribution is 2.20. The number of halogens is 1. The van der Waals surface area contributed by atoms with Gasteiger partial charge in [0.25, 0.3) is 0 Å². The van der Waals surface area contributed by atoms with E-state index >= 15 is 0 Å². The second-order valence-electron chi connectivity index (χ2n) is 3.73. The van der Waals surface area contributed by atoms with Gasteiger partial charge in [-0.2, -0.15) is 12.7 Å². The maximum Gasteiger partial charge on any atom is 0.335 e. The van der Waals surface area contributed by atoms with Gasteiger partial charge < -0.3 is 5.11 Å². The molecular formula is C11H15ClN2O4S. The first-order valence-corrected chi connectivity index (χ1v) is 7.43. The number of aromatic carboxylic acids is 1. The van der Waals surface area contributed by atoms with Crippen LogP contribution in [0.1, 0.15) is 24.2 Å². The maximum atomic E-state index is 12.0. The summed E-state index contributed by atoms with van der Waals surface area (Å²) in [6.07, 6.45) is 0. The fourth-order valence-electron chi connectivity index (χ4n) is 1.55. The minimum Gasteiger partial charge on any atom is -0.478 e. The summed E-state index contributed by atoms with van der Waals surface area (Å²) in [4.78, 5) is 10.9. The molecule has 0 amide bonds. The predicted molar refractivity (Wildman–Crippen MR) is 73.9 cm³/mol. The molecule has 0 bridgehead atoms. The first kappa shape index (κ1) is 15.7. The van der Waals surface area contributed by atoms with Gasteiger partial charge in [-0.25, -0.2) is 4.79 Å². The van der Waals surface area contributed by atoms with Gasteiger partial charge in [-0.15, -0.1) is 0 Å². The van der Waals surface area contributed by atoms with Crippen LogP contribution < -0.4 is 4.72 Å². The molecule has 1 aromatic rings. The number of carboxylic acid groups (broad SMARTS) is 1. The maximum absolute atomic E-state index is 12.0. The van der Waals surface area contributed by atoms with Crippen LogP contribution in [0.4, 0.5) is 5.69 Å². The molecule has 0 fully saturated rings. The molecule has 0 aliphatic carbocycles. The Morgan fingerprint density at radius 2 is 1.89 bits per heavy atom. The molecule has 0 heterocycles. The monoisotopic (exact) mass is 306 g/mol. The number of benzene rings is 1. The number of hydrogen-bond acceptors (Lipinski definition) is 3. The van der Waals surface area contributed by atoms with Gasteiger partial charge in [0.05, 0.1) is 11.3 Å². The van der Waals surface area contributed by atoms with Crippen molar-refractivity contribution >= 4 is 33.5 Å². The van der Waals surface area contributed by atoms with Gasteiger partial charge in [0.1, 0.15) is 0 Å². The molecule has 0 aliphatic heterocycles. The standard InChI is InChI=1S/C11H15ClN2O4S/c1-3-14(4-2)19(17,18)13-10-6-8(11(15)16)5-9(12)7-10/h5-7,13H,3-4H2,1-2H3,(H,15,16). The van der Waals surface area contributed by atoms with E-state index < -0.39 is 16.2 Å². The van der Waals surface area contributed by atoms with Crippen molar-refractivity contribution in [1.29, 1.82) is 0 Å². The van der Waals surface area contributed by atoms with Gasteiger partial charge >= 0.3 is 16.2 Å².